The fourth-order valence-electron chi connectivity index (χ4n) is 21.1. The first-order valence-corrected chi connectivity index (χ1v) is 60.3. The predicted octanol–water partition coefficient (Wildman–Crippen LogP) is 22.3. The average Bonchev–Trinajstić information content (AvgIpc) is 0.694. The van der Waals surface area contributed by atoms with E-state index in [1.807, 2.05) is 552 Å². The van der Waals surface area contributed by atoms with Crippen molar-refractivity contribution in [1.82, 2.24) is 0 Å². The molecule has 22 aromatic rings. The van der Waals surface area contributed by atoms with Crippen LogP contribution in [-0.4, -0.2) is 37.5 Å². The van der Waals surface area contributed by atoms with Gasteiger partial charge < -0.3 is 0 Å². The van der Waals surface area contributed by atoms with E-state index >= 15 is 0 Å². The molecule has 0 atom stereocenters. The van der Waals surface area contributed by atoms with Crippen LogP contribution in [0.2, 0.25) is 5.02 Å². The van der Waals surface area contributed by atoms with Crippen molar-refractivity contribution in [3.8, 4) is 23.0 Å². The molecular weight excluding hydrogens is 1930 g/mol. The molecule has 0 spiro atoms. The Morgan fingerprint density at radius 3 is 0.622 bits per heavy atom. The van der Waals surface area contributed by atoms with Crippen molar-refractivity contribution < 1.29 is 43.5 Å². The van der Waals surface area contributed by atoms with Crippen LogP contribution in [0, 0.1) is 0 Å². The number of rotatable bonds is 24. The molecule has 0 aliphatic heterocycles. The van der Waals surface area contributed by atoms with Gasteiger partial charge in [0.15, 0.2) is 0 Å². The van der Waals surface area contributed by atoms with Crippen LogP contribution < -0.4 is 120 Å². The molecule has 22 rings (SSSR count). The second-order valence-electron chi connectivity index (χ2n) is 36.0. The Labute approximate surface area is 872 Å². The van der Waals surface area contributed by atoms with Crippen LogP contribution in [0.3, 0.4) is 0 Å². The van der Waals surface area contributed by atoms with Crippen LogP contribution >= 0.6 is 45.8 Å². The van der Waals surface area contributed by atoms with Gasteiger partial charge in [-0.2, -0.15) is 0 Å². The van der Waals surface area contributed by atoms with Gasteiger partial charge in [-0.05, 0) is 0 Å². The number of hydrogen-bond acceptors (Lipinski definition) is 9. The van der Waals surface area contributed by atoms with Crippen molar-refractivity contribution in [2.75, 3.05) is 7.11 Å². The summed E-state index contributed by atoms with van der Waals surface area (Å²) in [6, 6.07) is 204. The molecule has 15 heteroatoms. The third kappa shape index (κ3) is 18.1. The molecule has 22 aromatic carbocycles. The number of fused-ring (bicyclic) bond motifs is 1. The molecule has 0 radical (unpaired) electrons. The van der Waals surface area contributed by atoms with Crippen molar-refractivity contribution in [1.29, 1.82) is 0 Å². The van der Waals surface area contributed by atoms with E-state index in [1.165, 1.54) is 6.92 Å². The summed E-state index contributed by atoms with van der Waals surface area (Å²) in [7, 11) is 1.65. The zero-order valence-corrected chi connectivity index (χ0v) is 87.2. The molecule has 0 heterocycles. The Kier molecular flexibility index (Phi) is 30.7. The number of para-hydroxylation sites is 4. The second kappa shape index (κ2) is 44.4. The average molecular weight is 2050 g/mol. The van der Waals surface area contributed by atoms with Gasteiger partial charge in [0.1, 0.15) is 0 Å². The molecule has 9 nitrogen and oxygen atoms in total. The Balaban J connectivity index is 0.000000121. The second-order valence-corrected chi connectivity index (χ2v) is 57.2. The quantitative estimate of drug-likeness (QED) is 0.0227. The predicted molar refractivity (Wildman–Crippen MR) is 634 cm³/mol. The van der Waals surface area contributed by atoms with E-state index < -0.39 is 40.1 Å². The number of carbonyl (C=O) groups excluding carboxylic acids is 1. The van der Waals surface area contributed by atoms with Gasteiger partial charge in [0.2, 0.25) is 0 Å². The molecule has 0 unspecified atom stereocenters. The molecule has 148 heavy (non-hydrogen) atoms. The van der Waals surface area contributed by atoms with Crippen molar-refractivity contribution in [3.05, 3.63) is 630 Å². The number of methoxy groups -OCH3 is 1. The Hall–Kier alpha value is -15.6. The minimum atomic E-state index is -4.21. The summed E-state index contributed by atoms with van der Waals surface area (Å²) in [4.78, 5) is 78.6. The maximum absolute atomic E-state index is 13.6. The minimum absolute atomic E-state index is 0.363. The van der Waals surface area contributed by atoms with Crippen LogP contribution in [0.15, 0.2) is 625 Å². The Morgan fingerprint density at radius 1 is 0.189 bits per heavy atom. The molecule has 0 aliphatic rings. The SMILES string of the molecule is CC(=O)Oc1ccccc1P(O)(c1ccccc1)(c1ccccc1)c1ccccc1.COc1ccccc1P(O)(c1ccccc1)(c1ccccc1)c1ccccc1.OP(c1ccccc1)(c1ccccc1)(c1ccccc1)c1cccc2ccccc12.OP(c1ccccc1)(c1ccccc1)(c1ccccc1)c1ccccc1Cl.OP(c1ccccc1)(c1ccccc1)(c1ccccc1)c1ccccc1Oc1ccccc1. The van der Waals surface area contributed by atoms with E-state index in [2.05, 4.69) is 66.7 Å². The number of ether oxygens (including phenoxy) is 3. The molecule has 5 N–H and O–H groups in total. The zero-order chi connectivity index (χ0) is 102. The van der Waals surface area contributed by atoms with Gasteiger partial charge in [-0.25, -0.2) is 0 Å². The summed E-state index contributed by atoms with van der Waals surface area (Å²) >= 11 is 6.72. The molecule has 0 aliphatic carbocycles. The van der Waals surface area contributed by atoms with E-state index in [1.54, 1.807) is 13.2 Å². The summed E-state index contributed by atoms with van der Waals surface area (Å²) in [5.74, 6) is 1.98. The summed E-state index contributed by atoms with van der Waals surface area (Å²) in [6.45, 7) is -19.0. The molecular formula is C133H114ClO9P5. The van der Waals surface area contributed by atoms with Gasteiger partial charge in [0.05, 0.1) is 0 Å². The van der Waals surface area contributed by atoms with Gasteiger partial charge in [0, 0.05) is 0 Å². The molecule has 0 amide bonds. The molecule has 0 saturated heterocycles. The number of esters is 1. The van der Waals surface area contributed by atoms with Crippen molar-refractivity contribution >= 4 is 169 Å². The van der Waals surface area contributed by atoms with Gasteiger partial charge in [-0.15, -0.1) is 0 Å². The third-order valence-electron chi connectivity index (χ3n) is 27.9. The summed E-state index contributed by atoms with van der Waals surface area (Å²) in [5.41, 5.74) is 0. The van der Waals surface area contributed by atoms with Gasteiger partial charge >= 0.3 is 879 Å². The van der Waals surface area contributed by atoms with Gasteiger partial charge in [-0.1, -0.05) is 0 Å². The number of carbonyl (C=O) groups is 1. The number of hydrogen-bond donors (Lipinski definition) is 5. The van der Waals surface area contributed by atoms with Crippen LogP contribution in [0.4, 0.5) is 0 Å². The first-order valence-electron chi connectivity index (χ1n) is 49.0. The molecule has 0 fully saturated rings. The summed E-state index contributed by atoms with van der Waals surface area (Å²) in [6.07, 6.45) is 0. The third-order valence-corrected chi connectivity index (χ3v) is 54.5. The first kappa shape index (κ1) is 102. The maximum atomic E-state index is 13.6. The Morgan fingerprint density at radius 2 is 0.365 bits per heavy atom. The van der Waals surface area contributed by atoms with E-state index in [0.717, 1.165) is 117 Å². The first-order chi connectivity index (χ1) is 72.3. The van der Waals surface area contributed by atoms with Gasteiger partial charge in [-0.3, -0.25) is 0 Å². The fraction of sp³-hybridized carbons (Fsp3) is 0.0150. The van der Waals surface area contributed by atoms with Crippen molar-refractivity contribution in [3.63, 3.8) is 0 Å². The van der Waals surface area contributed by atoms with Crippen LogP contribution in [-0.2, 0) is 4.79 Å². The van der Waals surface area contributed by atoms with Crippen LogP contribution in [0.5, 0.6) is 23.0 Å². The monoisotopic (exact) mass is 2040 g/mol. The summed E-state index contributed by atoms with van der Waals surface area (Å²) in [5, 5.41) is 19.7. The summed E-state index contributed by atoms with van der Waals surface area (Å²) < 4.78 is 17.8. The topological polar surface area (TPSA) is 146 Å². The van der Waals surface area contributed by atoms with E-state index in [-0.39, 0.29) is 0 Å². The standard InChI is InChI=1S/C30H25O2P.C28H23OP.C26H23O3P.C25H23O2P.C24H20ClOP/c31-33(26-17-7-2-8-18-26,27-19-9-3-10-20-27,28-21-11-4-12-22-28)30-24-14-13-23-29(30)32-25-15-5-1-6-16-25;29-30(24-15-4-1-5-16-24,25-17-6-2-7-18-25,26-19-8-3-9-20-26)28-22-12-14-23-13-10-11-21-27(23)28;1-21(27)29-25-19-11-12-20-26(25)30(28,22-13-5-2-6-14-22,23-15-7-3-8-16-23)24-17-9-4-10-18-24;1-27-24-19-11-12-20-25(24)28(26,21-13-5-2-6-14-21,22-15-7-3-8-16-22)23-17-9-4-10-18-23;25-23-18-10-11-19-24(23)27(26,20-12-4-1-5-13-20,21-14-6-2-7-15-21)22-16-8-3-9-17-22/h1-24,31H;1-22,29H;2-20,28H,1H3;2-20,26H,1H3;1-19,26H. The van der Waals surface area contributed by atoms with Crippen LogP contribution in [0.1, 0.15) is 6.92 Å². The van der Waals surface area contributed by atoms with E-state index in [0.29, 0.717) is 27.6 Å². The van der Waals surface area contributed by atoms with Crippen molar-refractivity contribution in [2.24, 2.45) is 0 Å². The number of benzene rings is 22. The van der Waals surface area contributed by atoms with E-state index in [4.69, 9.17) is 25.8 Å². The zero-order valence-electron chi connectivity index (χ0n) is 82.0. The molecule has 732 valence electrons. The molecule has 0 aromatic heterocycles. The van der Waals surface area contributed by atoms with E-state index in [9.17, 15) is 29.3 Å². The van der Waals surface area contributed by atoms with Crippen molar-refractivity contribution in [2.45, 2.75) is 6.92 Å². The molecule has 0 bridgehead atoms. The van der Waals surface area contributed by atoms with Crippen LogP contribution in [0.25, 0.3) is 10.8 Å². The Bertz CT molecular complexity index is 7650. The van der Waals surface area contributed by atoms with Gasteiger partial charge in [0.25, 0.3) is 0 Å². The molecule has 0 saturated carbocycles. The number of halogens is 1. The normalized spacial score (nSPS) is 12.7. The fourth-order valence-corrected chi connectivity index (χ4v) is 46.4.